The molecular formula is C11H22O2. The van der Waals surface area contributed by atoms with E-state index in [0.29, 0.717) is 0 Å². The number of hydrogen-bond donors (Lipinski definition) is 0. The topological polar surface area (TPSA) is 18.5 Å². The molecule has 0 heterocycles. The third kappa shape index (κ3) is 9.57. The molecule has 0 fully saturated rings. The van der Waals surface area contributed by atoms with Crippen LogP contribution in [-0.4, -0.2) is 19.5 Å². The Kier molecular flexibility index (Phi) is 9.49. The van der Waals surface area contributed by atoms with E-state index in [1.54, 1.807) is 0 Å². The van der Waals surface area contributed by atoms with Crippen molar-refractivity contribution in [3.8, 4) is 0 Å². The van der Waals surface area contributed by atoms with Crippen molar-refractivity contribution >= 4 is 0 Å². The van der Waals surface area contributed by atoms with Gasteiger partial charge in [-0.2, -0.15) is 0 Å². The van der Waals surface area contributed by atoms with Gasteiger partial charge in [0.25, 0.3) is 0 Å². The summed E-state index contributed by atoms with van der Waals surface area (Å²) in [4.78, 5) is 0. The molecule has 0 bridgehead atoms. The van der Waals surface area contributed by atoms with Crippen molar-refractivity contribution in [1.29, 1.82) is 0 Å². The number of ether oxygens (including phenoxy) is 2. The summed E-state index contributed by atoms with van der Waals surface area (Å²) in [6.07, 6.45) is 7.36. The fourth-order valence-corrected chi connectivity index (χ4v) is 0.918. The second-order valence-electron chi connectivity index (χ2n) is 2.98. The van der Waals surface area contributed by atoms with Gasteiger partial charge in [0.15, 0.2) is 6.29 Å². The zero-order valence-corrected chi connectivity index (χ0v) is 9.08. The smallest absolute Gasteiger partial charge is 0.154 e. The highest BCUT2D eigenvalue weighted by Crippen LogP contribution is 1.96. The Morgan fingerprint density at radius 2 is 1.77 bits per heavy atom. The van der Waals surface area contributed by atoms with Gasteiger partial charge in [0, 0.05) is 6.61 Å². The molecule has 0 rings (SSSR count). The maximum absolute atomic E-state index is 5.42. The van der Waals surface area contributed by atoms with Gasteiger partial charge < -0.3 is 9.47 Å². The van der Waals surface area contributed by atoms with Crippen LogP contribution in [-0.2, 0) is 9.47 Å². The fraction of sp³-hybridized carbons (Fsp3) is 0.818. The SMILES string of the molecule is CCC=CCCOC(C)OCCC. The molecule has 0 aromatic heterocycles. The van der Waals surface area contributed by atoms with E-state index < -0.39 is 0 Å². The van der Waals surface area contributed by atoms with Crippen molar-refractivity contribution in [3.63, 3.8) is 0 Å². The first kappa shape index (κ1) is 12.7. The first-order valence-electron chi connectivity index (χ1n) is 5.19. The summed E-state index contributed by atoms with van der Waals surface area (Å²) < 4.78 is 10.8. The van der Waals surface area contributed by atoms with Crippen LogP contribution in [0.3, 0.4) is 0 Å². The van der Waals surface area contributed by atoms with Crippen molar-refractivity contribution in [2.45, 2.75) is 46.3 Å². The van der Waals surface area contributed by atoms with Crippen LogP contribution in [0.1, 0.15) is 40.0 Å². The molecule has 0 saturated carbocycles. The highest BCUT2D eigenvalue weighted by Gasteiger charge is 1.98. The molecule has 0 amide bonds. The summed E-state index contributed by atoms with van der Waals surface area (Å²) in [5.41, 5.74) is 0. The summed E-state index contributed by atoms with van der Waals surface area (Å²) in [5, 5.41) is 0. The molecule has 0 aromatic carbocycles. The standard InChI is InChI=1S/C11H22O2/c1-4-6-7-8-10-13-11(3)12-9-5-2/h6-7,11H,4-5,8-10H2,1-3H3. The lowest BCUT2D eigenvalue weighted by atomic mass is 10.3. The van der Waals surface area contributed by atoms with Crippen LogP contribution in [0, 0.1) is 0 Å². The molecule has 0 radical (unpaired) electrons. The van der Waals surface area contributed by atoms with Crippen molar-refractivity contribution in [2.24, 2.45) is 0 Å². The Morgan fingerprint density at radius 3 is 2.38 bits per heavy atom. The first-order valence-corrected chi connectivity index (χ1v) is 5.19. The molecule has 78 valence electrons. The van der Waals surface area contributed by atoms with E-state index >= 15 is 0 Å². The molecule has 1 atom stereocenters. The van der Waals surface area contributed by atoms with Crippen LogP contribution in [0.5, 0.6) is 0 Å². The second-order valence-corrected chi connectivity index (χ2v) is 2.98. The Bertz CT molecular complexity index is 121. The third-order valence-electron chi connectivity index (χ3n) is 1.60. The molecule has 0 aromatic rings. The van der Waals surface area contributed by atoms with Crippen LogP contribution in [0.2, 0.25) is 0 Å². The quantitative estimate of drug-likeness (QED) is 0.329. The molecule has 0 spiro atoms. The lowest BCUT2D eigenvalue weighted by Crippen LogP contribution is -2.13. The molecule has 1 unspecified atom stereocenters. The molecule has 2 nitrogen and oxygen atoms in total. The Balaban J connectivity index is 3.16. The van der Waals surface area contributed by atoms with Gasteiger partial charge in [-0.3, -0.25) is 0 Å². The summed E-state index contributed by atoms with van der Waals surface area (Å²) in [6, 6.07) is 0. The van der Waals surface area contributed by atoms with Crippen LogP contribution in [0.15, 0.2) is 12.2 Å². The van der Waals surface area contributed by atoms with E-state index in [-0.39, 0.29) is 6.29 Å². The van der Waals surface area contributed by atoms with Crippen LogP contribution in [0.4, 0.5) is 0 Å². The molecule has 0 aliphatic rings. The average Bonchev–Trinajstić information content (AvgIpc) is 2.14. The van der Waals surface area contributed by atoms with E-state index in [2.05, 4.69) is 26.0 Å². The average molecular weight is 186 g/mol. The summed E-state index contributed by atoms with van der Waals surface area (Å²) in [7, 11) is 0. The second kappa shape index (κ2) is 9.75. The minimum Gasteiger partial charge on any atom is -0.353 e. The van der Waals surface area contributed by atoms with Gasteiger partial charge in [0.2, 0.25) is 0 Å². The van der Waals surface area contributed by atoms with Gasteiger partial charge in [0.1, 0.15) is 0 Å². The highest BCUT2D eigenvalue weighted by atomic mass is 16.7. The zero-order chi connectivity index (χ0) is 9.94. The molecule has 0 aliphatic heterocycles. The van der Waals surface area contributed by atoms with Gasteiger partial charge in [-0.25, -0.2) is 0 Å². The minimum absolute atomic E-state index is 0.0602. The Morgan fingerprint density at radius 1 is 1.08 bits per heavy atom. The van der Waals surface area contributed by atoms with E-state index in [1.165, 1.54) is 0 Å². The lowest BCUT2D eigenvalue weighted by molar-refractivity contribution is -0.129. The van der Waals surface area contributed by atoms with Crippen LogP contribution < -0.4 is 0 Å². The van der Waals surface area contributed by atoms with Gasteiger partial charge in [-0.1, -0.05) is 26.0 Å². The number of rotatable bonds is 8. The first-order chi connectivity index (χ1) is 6.31. The van der Waals surface area contributed by atoms with Crippen molar-refractivity contribution < 1.29 is 9.47 Å². The monoisotopic (exact) mass is 186 g/mol. The normalized spacial score (nSPS) is 13.8. The molecule has 2 heteroatoms. The van der Waals surface area contributed by atoms with Crippen LogP contribution >= 0.6 is 0 Å². The van der Waals surface area contributed by atoms with Crippen molar-refractivity contribution in [3.05, 3.63) is 12.2 Å². The summed E-state index contributed by atoms with van der Waals surface area (Å²) >= 11 is 0. The van der Waals surface area contributed by atoms with Gasteiger partial charge in [-0.05, 0) is 26.2 Å². The summed E-state index contributed by atoms with van der Waals surface area (Å²) in [5.74, 6) is 0. The summed E-state index contributed by atoms with van der Waals surface area (Å²) in [6.45, 7) is 7.70. The maximum Gasteiger partial charge on any atom is 0.154 e. The van der Waals surface area contributed by atoms with Gasteiger partial charge >= 0.3 is 0 Å². The molecule has 0 N–H and O–H groups in total. The zero-order valence-electron chi connectivity index (χ0n) is 9.08. The van der Waals surface area contributed by atoms with Crippen molar-refractivity contribution in [2.75, 3.05) is 13.2 Å². The predicted octanol–water partition coefficient (Wildman–Crippen LogP) is 3.13. The number of allylic oxidation sites excluding steroid dienone is 1. The number of hydrogen-bond acceptors (Lipinski definition) is 2. The van der Waals surface area contributed by atoms with E-state index in [1.807, 2.05) is 6.92 Å². The maximum atomic E-state index is 5.42. The Labute approximate surface area is 81.9 Å². The van der Waals surface area contributed by atoms with Crippen LogP contribution in [0.25, 0.3) is 0 Å². The van der Waals surface area contributed by atoms with E-state index in [9.17, 15) is 0 Å². The molecular weight excluding hydrogens is 164 g/mol. The van der Waals surface area contributed by atoms with Crippen molar-refractivity contribution in [1.82, 2.24) is 0 Å². The molecule has 0 saturated heterocycles. The van der Waals surface area contributed by atoms with Gasteiger partial charge in [0.05, 0.1) is 6.61 Å². The predicted molar refractivity (Wildman–Crippen MR) is 55.7 cm³/mol. The Hall–Kier alpha value is -0.340. The molecule has 13 heavy (non-hydrogen) atoms. The highest BCUT2D eigenvalue weighted by molar-refractivity contribution is 4.79. The third-order valence-corrected chi connectivity index (χ3v) is 1.60. The lowest BCUT2D eigenvalue weighted by Gasteiger charge is -2.12. The van der Waals surface area contributed by atoms with Gasteiger partial charge in [-0.15, -0.1) is 0 Å². The minimum atomic E-state index is -0.0602. The fourth-order valence-electron chi connectivity index (χ4n) is 0.918. The molecule has 0 aliphatic carbocycles. The van der Waals surface area contributed by atoms with E-state index in [4.69, 9.17) is 9.47 Å². The van der Waals surface area contributed by atoms with E-state index in [0.717, 1.165) is 32.5 Å². The largest absolute Gasteiger partial charge is 0.353 e.